The number of amides is 2. The third-order valence-electron chi connectivity index (χ3n) is 4.37. The van der Waals surface area contributed by atoms with Gasteiger partial charge in [-0.3, -0.25) is 14.4 Å². The van der Waals surface area contributed by atoms with Crippen LogP contribution in [0.5, 0.6) is 0 Å². The molecule has 3 rings (SSSR count). The van der Waals surface area contributed by atoms with Gasteiger partial charge in [-0.2, -0.15) is 0 Å². The number of hydrogen-bond acceptors (Lipinski definition) is 4. The molecule has 0 unspecified atom stereocenters. The smallest absolute Gasteiger partial charge is 0.306 e. The first-order valence-corrected chi connectivity index (χ1v) is 9.66. The van der Waals surface area contributed by atoms with Crippen LogP contribution in [0.2, 0.25) is 0 Å². The number of halogens is 1. The minimum atomic E-state index is -0.560. The van der Waals surface area contributed by atoms with Crippen LogP contribution in [0.25, 0.3) is 0 Å². The van der Waals surface area contributed by atoms with Gasteiger partial charge in [0.2, 0.25) is 0 Å². The van der Waals surface area contributed by atoms with E-state index < -0.39 is 18.5 Å². The van der Waals surface area contributed by atoms with Crippen molar-refractivity contribution in [3.05, 3.63) is 95.8 Å². The monoisotopic (exact) mass is 420 g/mol. The number of hydrogen-bond donors (Lipinski definition) is 2. The Hall–Kier alpha value is -4.00. The van der Waals surface area contributed by atoms with Gasteiger partial charge in [0.25, 0.3) is 11.8 Å². The van der Waals surface area contributed by atoms with E-state index in [0.29, 0.717) is 17.8 Å². The molecule has 0 bridgehead atoms. The summed E-state index contributed by atoms with van der Waals surface area (Å²) in [6.45, 7) is -0.475. The van der Waals surface area contributed by atoms with E-state index in [4.69, 9.17) is 4.74 Å². The standard InChI is InChI=1S/C24H21FN2O4/c25-18-13-10-17(11-14-18)12-15-23(29)31-16-22(28)27-21-9-5-4-8-20(21)24(30)26-19-6-2-1-3-7-19/h1-11,13-14H,12,15-16H2,(H,26,30)(H,27,28). The van der Waals surface area contributed by atoms with Gasteiger partial charge < -0.3 is 15.4 Å². The summed E-state index contributed by atoms with van der Waals surface area (Å²) in [5.41, 5.74) is 2.01. The Morgan fingerprint density at radius 2 is 1.48 bits per heavy atom. The summed E-state index contributed by atoms with van der Waals surface area (Å²) in [6.07, 6.45) is 0.443. The first kappa shape index (κ1) is 21.7. The molecule has 0 aromatic heterocycles. The minimum Gasteiger partial charge on any atom is -0.456 e. The maximum atomic E-state index is 12.9. The molecule has 2 amide bonds. The van der Waals surface area contributed by atoms with E-state index in [2.05, 4.69) is 10.6 Å². The maximum absolute atomic E-state index is 12.9. The molecule has 0 atom stereocenters. The van der Waals surface area contributed by atoms with Gasteiger partial charge in [0.15, 0.2) is 6.61 Å². The van der Waals surface area contributed by atoms with Crippen molar-refractivity contribution in [2.75, 3.05) is 17.2 Å². The van der Waals surface area contributed by atoms with Crippen molar-refractivity contribution in [2.24, 2.45) is 0 Å². The summed E-state index contributed by atoms with van der Waals surface area (Å²) in [4.78, 5) is 36.6. The number of ether oxygens (including phenoxy) is 1. The average molecular weight is 420 g/mol. The van der Waals surface area contributed by atoms with E-state index >= 15 is 0 Å². The summed E-state index contributed by atoms with van der Waals surface area (Å²) in [6, 6.07) is 21.3. The molecule has 0 heterocycles. The molecule has 0 aliphatic rings. The summed E-state index contributed by atoms with van der Waals surface area (Å²) in [5.74, 6) is -1.83. The van der Waals surface area contributed by atoms with Crippen molar-refractivity contribution in [2.45, 2.75) is 12.8 Å². The number of carbonyl (C=O) groups excluding carboxylic acids is 3. The Kier molecular flexibility index (Phi) is 7.48. The number of aryl methyl sites for hydroxylation is 1. The summed E-state index contributed by atoms with van der Waals surface area (Å²) in [7, 11) is 0. The molecule has 6 nitrogen and oxygen atoms in total. The van der Waals surface area contributed by atoms with E-state index in [1.165, 1.54) is 12.1 Å². The molecule has 31 heavy (non-hydrogen) atoms. The number of para-hydroxylation sites is 2. The number of benzene rings is 3. The van der Waals surface area contributed by atoms with Crippen LogP contribution in [0, 0.1) is 5.82 Å². The van der Waals surface area contributed by atoms with E-state index in [1.54, 1.807) is 60.7 Å². The lowest BCUT2D eigenvalue weighted by Gasteiger charge is -2.12. The van der Waals surface area contributed by atoms with E-state index in [9.17, 15) is 18.8 Å². The first-order valence-electron chi connectivity index (χ1n) is 9.66. The van der Waals surface area contributed by atoms with Crippen LogP contribution in [0.4, 0.5) is 15.8 Å². The largest absolute Gasteiger partial charge is 0.456 e. The summed E-state index contributed by atoms with van der Waals surface area (Å²) < 4.78 is 17.9. The quantitative estimate of drug-likeness (QED) is 0.535. The normalized spacial score (nSPS) is 10.2. The SMILES string of the molecule is O=C(COC(=O)CCc1ccc(F)cc1)Nc1ccccc1C(=O)Nc1ccccc1. The van der Waals surface area contributed by atoms with Crippen molar-refractivity contribution in [3.63, 3.8) is 0 Å². The van der Waals surface area contributed by atoms with Gasteiger partial charge in [-0.25, -0.2) is 4.39 Å². The molecule has 3 aromatic rings. The van der Waals surface area contributed by atoms with Gasteiger partial charge in [0.1, 0.15) is 5.82 Å². The van der Waals surface area contributed by atoms with Crippen molar-refractivity contribution in [1.29, 1.82) is 0 Å². The lowest BCUT2D eigenvalue weighted by Crippen LogP contribution is -2.23. The molecule has 0 aliphatic carbocycles. The molecule has 0 saturated heterocycles. The van der Waals surface area contributed by atoms with Crippen LogP contribution in [-0.4, -0.2) is 24.4 Å². The minimum absolute atomic E-state index is 0.0645. The third kappa shape index (κ3) is 6.78. The van der Waals surface area contributed by atoms with Gasteiger partial charge in [0.05, 0.1) is 11.3 Å². The third-order valence-corrected chi connectivity index (χ3v) is 4.37. The highest BCUT2D eigenvalue weighted by Gasteiger charge is 2.14. The van der Waals surface area contributed by atoms with Gasteiger partial charge in [-0.15, -0.1) is 0 Å². The summed E-state index contributed by atoms with van der Waals surface area (Å²) >= 11 is 0. The predicted octanol–water partition coefficient (Wildman–Crippen LogP) is 4.19. The maximum Gasteiger partial charge on any atom is 0.306 e. The molecular formula is C24H21FN2O4. The second kappa shape index (κ2) is 10.7. The Bertz CT molecular complexity index is 1050. The fourth-order valence-corrected chi connectivity index (χ4v) is 2.81. The van der Waals surface area contributed by atoms with Crippen molar-refractivity contribution in [1.82, 2.24) is 0 Å². The lowest BCUT2D eigenvalue weighted by atomic mass is 10.1. The molecule has 158 valence electrons. The Morgan fingerprint density at radius 3 is 2.23 bits per heavy atom. The first-order chi connectivity index (χ1) is 15.0. The fourth-order valence-electron chi connectivity index (χ4n) is 2.81. The molecule has 0 spiro atoms. The predicted molar refractivity (Wildman–Crippen MR) is 115 cm³/mol. The van der Waals surface area contributed by atoms with Crippen LogP contribution in [0.1, 0.15) is 22.3 Å². The van der Waals surface area contributed by atoms with Crippen molar-refractivity contribution in [3.8, 4) is 0 Å². The number of anilines is 2. The summed E-state index contributed by atoms with van der Waals surface area (Å²) in [5, 5.41) is 5.35. The highest BCUT2D eigenvalue weighted by molar-refractivity contribution is 6.10. The zero-order valence-electron chi connectivity index (χ0n) is 16.6. The van der Waals surface area contributed by atoms with Crippen LogP contribution in [0.15, 0.2) is 78.9 Å². The average Bonchev–Trinajstić information content (AvgIpc) is 2.78. The second-order valence-electron chi connectivity index (χ2n) is 6.70. The molecule has 7 heteroatoms. The van der Waals surface area contributed by atoms with Crippen LogP contribution in [0.3, 0.4) is 0 Å². The van der Waals surface area contributed by atoms with Gasteiger partial charge >= 0.3 is 5.97 Å². The van der Waals surface area contributed by atoms with Crippen LogP contribution < -0.4 is 10.6 Å². The van der Waals surface area contributed by atoms with Gasteiger partial charge in [-0.1, -0.05) is 42.5 Å². The van der Waals surface area contributed by atoms with Crippen molar-refractivity contribution >= 4 is 29.2 Å². The Morgan fingerprint density at radius 1 is 0.806 bits per heavy atom. The molecule has 0 saturated carbocycles. The van der Waals surface area contributed by atoms with Gasteiger partial charge in [-0.05, 0) is 48.4 Å². The van der Waals surface area contributed by atoms with E-state index in [0.717, 1.165) is 5.56 Å². The Labute approximate surface area is 179 Å². The van der Waals surface area contributed by atoms with Crippen LogP contribution >= 0.6 is 0 Å². The molecule has 2 N–H and O–H groups in total. The topological polar surface area (TPSA) is 84.5 Å². The number of rotatable bonds is 8. The zero-order valence-corrected chi connectivity index (χ0v) is 16.6. The molecule has 3 aromatic carbocycles. The lowest BCUT2D eigenvalue weighted by molar-refractivity contribution is -0.147. The highest BCUT2D eigenvalue weighted by atomic mass is 19.1. The molecular weight excluding hydrogens is 399 g/mol. The van der Waals surface area contributed by atoms with E-state index in [-0.39, 0.29) is 23.7 Å². The second-order valence-corrected chi connectivity index (χ2v) is 6.70. The molecule has 0 fully saturated rings. The molecule has 0 radical (unpaired) electrons. The van der Waals surface area contributed by atoms with Gasteiger partial charge in [0, 0.05) is 12.1 Å². The van der Waals surface area contributed by atoms with E-state index in [1.807, 2.05) is 6.07 Å². The number of nitrogens with one attached hydrogen (secondary N) is 2. The molecule has 0 aliphatic heterocycles. The van der Waals surface area contributed by atoms with Crippen LogP contribution in [-0.2, 0) is 20.7 Å². The number of carbonyl (C=O) groups is 3. The number of esters is 1. The fraction of sp³-hybridized carbons (Fsp3) is 0.125. The Balaban J connectivity index is 1.50. The zero-order chi connectivity index (χ0) is 22.1. The highest BCUT2D eigenvalue weighted by Crippen LogP contribution is 2.17. The van der Waals surface area contributed by atoms with Crippen molar-refractivity contribution < 1.29 is 23.5 Å².